The maximum absolute atomic E-state index is 12.9. The third-order valence-corrected chi connectivity index (χ3v) is 7.13. The van der Waals surface area contributed by atoms with Crippen molar-refractivity contribution in [2.45, 2.75) is 43.5 Å². The molecular weight excluding hydrogens is 446 g/mol. The van der Waals surface area contributed by atoms with Gasteiger partial charge < -0.3 is 0 Å². The zero-order chi connectivity index (χ0) is 23.6. The molecule has 0 atom stereocenters. The molecule has 4 aromatic rings. The fourth-order valence-corrected chi connectivity index (χ4v) is 5.13. The molecule has 4 rings (SSSR count). The molecule has 34 heavy (non-hydrogen) atoms. The molecule has 1 N–H and O–H groups in total. The van der Waals surface area contributed by atoms with E-state index in [1.807, 2.05) is 65.5 Å². The van der Waals surface area contributed by atoms with Crippen LogP contribution in [0.3, 0.4) is 0 Å². The van der Waals surface area contributed by atoms with E-state index in [4.69, 9.17) is 0 Å². The summed E-state index contributed by atoms with van der Waals surface area (Å²) in [6, 6.07) is 20.6. The summed E-state index contributed by atoms with van der Waals surface area (Å²) in [7, 11) is -3.57. The minimum atomic E-state index is -3.57. The Morgan fingerprint density at radius 3 is 2.35 bits per heavy atom. The molecule has 0 spiro atoms. The first-order chi connectivity index (χ1) is 16.6. The van der Waals surface area contributed by atoms with E-state index >= 15 is 0 Å². The number of hydrogen-bond acceptors (Lipinski definition) is 5. The molecule has 0 aliphatic rings. The maximum atomic E-state index is 12.9. The van der Waals surface area contributed by atoms with Gasteiger partial charge in [-0.1, -0.05) is 73.0 Å². The van der Waals surface area contributed by atoms with Crippen molar-refractivity contribution in [3.8, 4) is 22.4 Å². The Bertz CT molecular complexity index is 1270. The van der Waals surface area contributed by atoms with E-state index < -0.39 is 10.0 Å². The van der Waals surface area contributed by atoms with Crippen molar-refractivity contribution in [1.82, 2.24) is 24.7 Å². The first-order valence-corrected chi connectivity index (χ1v) is 13.1. The van der Waals surface area contributed by atoms with Crippen LogP contribution < -0.4 is 4.72 Å². The predicted octanol–water partition coefficient (Wildman–Crippen LogP) is 4.94. The summed E-state index contributed by atoms with van der Waals surface area (Å²) in [4.78, 5) is 4.43. The molecule has 0 aliphatic carbocycles. The largest absolute Gasteiger partial charge is 0.264 e. The molecule has 2 heterocycles. The Hall–Kier alpha value is -3.36. The first kappa shape index (κ1) is 23.8. The second kappa shape index (κ2) is 11.7. The van der Waals surface area contributed by atoms with E-state index in [-0.39, 0.29) is 0 Å². The number of aryl methyl sites for hydroxylation is 1. The van der Waals surface area contributed by atoms with E-state index in [0.717, 1.165) is 61.0 Å². The van der Waals surface area contributed by atoms with Crippen molar-refractivity contribution in [2.24, 2.45) is 0 Å². The van der Waals surface area contributed by atoms with E-state index in [1.165, 1.54) is 0 Å². The van der Waals surface area contributed by atoms with Crippen molar-refractivity contribution < 1.29 is 8.42 Å². The molecule has 8 heteroatoms. The molecule has 0 unspecified atom stereocenters. The summed E-state index contributed by atoms with van der Waals surface area (Å²) in [5, 5.41) is 8.39. The van der Waals surface area contributed by atoms with Gasteiger partial charge in [-0.05, 0) is 36.6 Å². The van der Waals surface area contributed by atoms with Crippen LogP contribution in [-0.4, -0.2) is 34.9 Å². The standard InChI is InChI=1S/C26H29N5O2S/c32-34(33,26-16-8-7-15-24(26)22-12-5-4-6-13-22)28-18-9-2-1-3-10-19-31-21-25(29-30-31)23-14-11-17-27-20-23/h4-8,11-17,20-21,28H,1-3,9-10,18-19H2. The number of pyridine rings is 1. The molecule has 2 aromatic heterocycles. The molecule has 7 nitrogen and oxygen atoms in total. The highest BCUT2D eigenvalue weighted by Crippen LogP contribution is 2.26. The maximum Gasteiger partial charge on any atom is 0.241 e. The minimum Gasteiger partial charge on any atom is -0.264 e. The monoisotopic (exact) mass is 475 g/mol. The molecule has 0 bridgehead atoms. The Balaban J connectivity index is 1.17. The lowest BCUT2D eigenvalue weighted by Gasteiger charge is -2.12. The topological polar surface area (TPSA) is 89.8 Å². The highest BCUT2D eigenvalue weighted by Gasteiger charge is 2.18. The minimum absolute atomic E-state index is 0.319. The normalized spacial score (nSPS) is 11.5. The number of unbranched alkanes of at least 4 members (excludes halogenated alkanes) is 4. The number of nitrogens with one attached hydrogen (secondary N) is 1. The summed E-state index contributed by atoms with van der Waals surface area (Å²) in [6.45, 7) is 1.25. The summed E-state index contributed by atoms with van der Waals surface area (Å²) in [5.74, 6) is 0. The molecule has 0 saturated carbocycles. The average Bonchev–Trinajstić information content (AvgIpc) is 3.36. The van der Waals surface area contributed by atoms with Gasteiger partial charge in [0, 0.05) is 36.6 Å². The van der Waals surface area contributed by atoms with Crippen molar-refractivity contribution in [3.05, 3.63) is 85.3 Å². The van der Waals surface area contributed by atoms with Gasteiger partial charge in [-0.25, -0.2) is 13.1 Å². The van der Waals surface area contributed by atoms with E-state index in [9.17, 15) is 8.42 Å². The molecule has 0 aliphatic heterocycles. The number of nitrogens with zero attached hydrogens (tertiary/aromatic N) is 4. The fraction of sp³-hybridized carbons (Fsp3) is 0.269. The zero-order valence-electron chi connectivity index (χ0n) is 19.0. The van der Waals surface area contributed by atoms with Gasteiger partial charge in [0.15, 0.2) is 0 Å². The lowest BCUT2D eigenvalue weighted by atomic mass is 10.1. The lowest BCUT2D eigenvalue weighted by Crippen LogP contribution is -2.25. The van der Waals surface area contributed by atoms with Crippen molar-refractivity contribution in [3.63, 3.8) is 0 Å². The van der Waals surface area contributed by atoms with Crippen LogP contribution in [0.4, 0.5) is 0 Å². The smallest absolute Gasteiger partial charge is 0.241 e. The van der Waals surface area contributed by atoms with Gasteiger partial charge in [0.05, 0.1) is 11.1 Å². The van der Waals surface area contributed by atoms with Gasteiger partial charge in [0.1, 0.15) is 5.69 Å². The molecular formula is C26H29N5O2S. The van der Waals surface area contributed by atoms with E-state index in [2.05, 4.69) is 20.0 Å². The Labute approximate surface area is 200 Å². The van der Waals surface area contributed by atoms with Crippen LogP contribution in [0.1, 0.15) is 32.1 Å². The zero-order valence-corrected chi connectivity index (χ0v) is 19.9. The second-order valence-corrected chi connectivity index (χ2v) is 9.87. The third kappa shape index (κ3) is 6.36. The van der Waals surface area contributed by atoms with Gasteiger partial charge in [-0.3, -0.25) is 9.67 Å². The van der Waals surface area contributed by atoms with Crippen LogP contribution in [0.5, 0.6) is 0 Å². The van der Waals surface area contributed by atoms with Gasteiger partial charge in [-0.2, -0.15) is 0 Å². The Kier molecular flexibility index (Phi) is 8.17. The quantitative estimate of drug-likeness (QED) is 0.293. The SMILES string of the molecule is O=S(=O)(NCCCCCCCn1cc(-c2cccnc2)nn1)c1ccccc1-c1ccccc1. The Morgan fingerprint density at radius 1 is 0.794 bits per heavy atom. The summed E-state index contributed by atoms with van der Waals surface area (Å²) in [5.41, 5.74) is 3.40. The van der Waals surface area contributed by atoms with Crippen LogP contribution >= 0.6 is 0 Å². The van der Waals surface area contributed by atoms with Crippen LogP contribution in [0.25, 0.3) is 22.4 Å². The van der Waals surface area contributed by atoms with Gasteiger partial charge in [0.25, 0.3) is 0 Å². The summed E-state index contributed by atoms with van der Waals surface area (Å²) >= 11 is 0. The number of sulfonamides is 1. The van der Waals surface area contributed by atoms with Gasteiger partial charge in [-0.15, -0.1) is 5.10 Å². The highest BCUT2D eigenvalue weighted by molar-refractivity contribution is 7.89. The summed E-state index contributed by atoms with van der Waals surface area (Å²) < 4.78 is 30.4. The Morgan fingerprint density at radius 2 is 1.53 bits per heavy atom. The predicted molar refractivity (Wildman–Crippen MR) is 133 cm³/mol. The average molecular weight is 476 g/mol. The van der Waals surface area contributed by atoms with E-state index in [0.29, 0.717) is 11.4 Å². The number of rotatable bonds is 12. The van der Waals surface area contributed by atoms with Crippen molar-refractivity contribution in [2.75, 3.05) is 6.54 Å². The van der Waals surface area contributed by atoms with E-state index in [1.54, 1.807) is 24.5 Å². The van der Waals surface area contributed by atoms with Crippen molar-refractivity contribution in [1.29, 1.82) is 0 Å². The van der Waals surface area contributed by atoms with Gasteiger partial charge in [0.2, 0.25) is 10.0 Å². The molecule has 0 saturated heterocycles. The number of hydrogen-bond donors (Lipinski definition) is 1. The number of aromatic nitrogens is 4. The van der Waals surface area contributed by atoms with Crippen molar-refractivity contribution >= 4 is 10.0 Å². The first-order valence-electron chi connectivity index (χ1n) is 11.6. The highest BCUT2D eigenvalue weighted by atomic mass is 32.2. The number of benzene rings is 2. The molecule has 0 fully saturated rings. The van der Waals surface area contributed by atoms with Crippen LogP contribution in [0, 0.1) is 0 Å². The molecule has 2 aromatic carbocycles. The second-order valence-electron chi connectivity index (χ2n) is 8.14. The lowest BCUT2D eigenvalue weighted by molar-refractivity contribution is 0.515. The molecule has 0 radical (unpaired) electrons. The van der Waals surface area contributed by atoms with Gasteiger partial charge >= 0.3 is 0 Å². The third-order valence-electron chi connectivity index (χ3n) is 5.61. The van der Waals surface area contributed by atoms with Crippen LogP contribution in [0.15, 0.2) is 90.2 Å². The summed E-state index contributed by atoms with van der Waals surface area (Å²) in [6.07, 6.45) is 10.4. The fourth-order valence-electron chi connectivity index (χ4n) is 3.82. The van der Waals surface area contributed by atoms with Crippen LogP contribution in [0.2, 0.25) is 0 Å². The molecule has 176 valence electrons. The molecule has 0 amide bonds. The van der Waals surface area contributed by atoms with Crippen LogP contribution in [-0.2, 0) is 16.6 Å².